The maximum Gasteiger partial charge on any atom is 0.333 e. The third kappa shape index (κ3) is 2.58. The molecule has 2 bridgehead atoms. The number of fused-ring (bicyclic) bond motifs is 3. The van der Waals surface area contributed by atoms with E-state index in [2.05, 4.69) is 4.72 Å². The van der Waals surface area contributed by atoms with Crippen LogP contribution in [0, 0.1) is 5.92 Å². The molecule has 0 aromatic carbocycles. The van der Waals surface area contributed by atoms with E-state index < -0.39 is 17.3 Å². The van der Waals surface area contributed by atoms with Crippen molar-refractivity contribution < 1.29 is 14.5 Å². The van der Waals surface area contributed by atoms with Gasteiger partial charge in [0.25, 0.3) is 0 Å². The van der Waals surface area contributed by atoms with E-state index in [4.69, 9.17) is 0 Å². The number of allylic oxidation sites excluding steroid dienone is 1. The predicted octanol–water partition coefficient (Wildman–Crippen LogP) is 1.99. The quantitative estimate of drug-likeness (QED) is 0.770. The molecule has 102 valence electrons. The summed E-state index contributed by atoms with van der Waals surface area (Å²) in [5.41, 5.74) is 1.53. The van der Waals surface area contributed by atoms with Crippen molar-refractivity contribution in [1.29, 1.82) is 0 Å². The van der Waals surface area contributed by atoms with Gasteiger partial charge >= 0.3 is 5.97 Å². The first-order valence-corrected chi connectivity index (χ1v) is 7.59. The molecule has 0 amide bonds. The van der Waals surface area contributed by atoms with Crippen LogP contribution in [-0.2, 0) is 16.2 Å². The fourth-order valence-electron chi connectivity index (χ4n) is 2.78. The summed E-state index contributed by atoms with van der Waals surface area (Å²) in [7, 11) is 0. The van der Waals surface area contributed by atoms with Gasteiger partial charge in [-0.25, -0.2) is 4.79 Å². The molecule has 4 nitrogen and oxygen atoms in total. The van der Waals surface area contributed by atoms with E-state index in [-0.39, 0.29) is 10.8 Å². The third-order valence-electron chi connectivity index (χ3n) is 3.82. The molecule has 0 aromatic rings. The van der Waals surface area contributed by atoms with Crippen LogP contribution in [0.5, 0.6) is 0 Å². The standard InChI is InChI=1S/C13H21NO3S/c1-13(2,3)18(17)14-11-9-6-4-8(5-7-9)10(11)12(15)16/h9,11,14H,4-7H2,1-3H3,(H,15,16)/t11-,18?/m0/s1. The number of hydrogen-bond acceptors (Lipinski definition) is 3. The van der Waals surface area contributed by atoms with Crippen LogP contribution in [0.4, 0.5) is 0 Å². The van der Waals surface area contributed by atoms with E-state index in [0.717, 1.165) is 31.3 Å². The zero-order chi connectivity index (χ0) is 13.5. The van der Waals surface area contributed by atoms with Gasteiger partial charge in [-0.1, -0.05) is 5.57 Å². The van der Waals surface area contributed by atoms with Crippen molar-refractivity contribution in [3.05, 3.63) is 11.1 Å². The smallest absolute Gasteiger partial charge is 0.333 e. The molecule has 3 rings (SSSR count). The summed E-state index contributed by atoms with van der Waals surface area (Å²) in [5, 5.41) is 9.35. The minimum absolute atomic E-state index is 0.236. The maximum atomic E-state index is 12.2. The van der Waals surface area contributed by atoms with Gasteiger partial charge in [-0.05, 0) is 52.4 Å². The molecule has 2 atom stereocenters. The molecule has 0 aliphatic heterocycles. The molecule has 0 spiro atoms. The van der Waals surface area contributed by atoms with E-state index in [1.807, 2.05) is 20.8 Å². The first-order valence-electron chi connectivity index (χ1n) is 6.44. The number of rotatable bonds is 3. The van der Waals surface area contributed by atoms with Crippen LogP contribution >= 0.6 is 0 Å². The zero-order valence-corrected chi connectivity index (χ0v) is 12.0. The highest BCUT2D eigenvalue weighted by Gasteiger charge is 2.42. The lowest BCUT2D eigenvalue weighted by atomic mass is 9.70. The van der Waals surface area contributed by atoms with Gasteiger partial charge in [0.2, 0.25) is 0 Å². The normalized spacial score (nSPS) is 29.6. The Kier molecular flexibility index (Phi) is 3.76. The van der Waals surface area contributed by atoms with Crippen LogP contribution in [0.15, 0.2) is 11.1 Å². The predicted molar refractivity (Wildman–Crippen MR) is 71.4 cm³/mol. The molecule has 1 fully saturated rings. The van der Waals surface area contributed by atoms with Gasteiger partial charge in [0.05, 0.1) is 11.6 Å². The Balaban J connectivity index is 2.21. The van der Waals surface area contributed by atoms with E-state index in [1.54, 1.807) is 0 Å². The summed E-state index contributed by atoms with van der Waals surface area (Å²) < 4.78 is 14.8. The highest BCUT2D eigenvalue weighted by molar-refractivity contribution is 7.90. The average molecular weight is 271 g/mol. The minimum atomic E-state index is -1.22. The second-order valence-corrected chi connectivity index (χ2v) is 8.13. The van der Waals surface area contributed by atoms with Gasteiger partial charge in [-0.3, -0.25) is 0 Å². The molecule has 18 heavy (non-hydrogen) atoms. The average Bonchev–Trinajstić information content (AvgIpc) is 2.28. The number of aliphatic carboxylic acids is 1. The van der Waals surface area contributed by atoms with Crippen LogP contribution in [-0.4, -0.2) is 26.4 Å². The Morgan fingerprint density at radius 2 is 1.94 bits per heavy atom. The van der Waals surface area contributed by atoms with Crippen molar-refractivity contribution in [2.24, 2.45) is 5.92 Å². The number of carbonyl (C=O) groups is 1. The van der Waals surface area contributed by atoms with Gasteiger partial charge in [0, 0.05) is 11.4 Å². The molecule has 3 aliphatic carbocycles. The molecular weight excluding hydrogens is 250 g/mol. The molecule has 1 unspecified atom stereocenters. The second-order valence-electron chi connectivity index (χ2n) is 6.14. The monoisotopic (exact) mass is 271 g/mol. The van der Waals surface area contributed by atoms with Gasteiger partial charge in [-0.2, -0.15) is 0 Å². The number of hydrogen-bond donors (Lipinski definition) is 2. The van der Waals surface area contributed by atoms with E-state index in [9.17, 15) is 14.5 Å². The van der Waals surface area contributed by atoms with Crippen molar-refractivity contribution in [1.82, 2.24) is 4.72 Å². The van der Waals surface area contributed by atoms with Crippen LogP contribution in [0.3, 0.4) is 0 Å². The molecule has 0 aromatic heterocycles. The zero-order valence-electron chi connectivity index (χ0n) is 11.2. The molecule has 2 N–H and O–H groups in total. The fourth-order valence-corrected chi connectivity index (χ4v) is 3.67. The molecule has 5 heteroatoms. The minimum Gasteiger partial charge on any atom is -0.598 e. The number of nitrogens with one attached hydrogen (secondary N) is 1. The second kappa shape index (κ2) is 4.87. The van der Waals surface area contributed by atoms with Crippen molar-refractivity contribution >= 4 is 17.3 Å². The summed E-state index contributed by atoms with van der Waals surface area (Å²) in [6.45, 7) is 5.68. The van der Waals surface area contributed by atoms with Crippen LogP contribution < -0.4 is 4.72 Å². The Morgan fingerprint density at radius 1 is 1.39 bits per heavy atom. The molecule has 1 saturated carbocycles. The molecule has 0 saturated heterocycles. The Morgan fingerprint density at radius 3 is 2.39 bits per heavy atom. The highest BCUT2D eigenvalue weighted by atomic mass is 32.2. The van der Waals surface area contributed by atoms with E-state index >= 15 is 0 Å². The Labute approximate surface area is 111 Å². The Bertz CT molecular complexity index is 376. The van der Waals surface area contributed by atoms with E-state index in [0.29, 0.717) is 11.5 Å². The molecule has 0 radical (unpaired) electrons. The lowest BCUT2D eigenvalue weighted by Gasteiger charge is -2.40. The van der Waals surface area contributed by atoms with Crippen molar-refractivity contribution in [3.8, 4) is 0 Å². The topological polar surface area (TPSA) is 72.4 Å². The van der Waals surface area contributed by atoms with Gasteiger partial charge in [-0.15, -0.1) is 4.72 Å². The lowest BCUT2D eigenvalue weighted by molar-refractivity contribution is -0.133. The maximum absolute atomic E-state index is 12.2. The Hall–Kier alpha value is -0.520. The summed E-state index contributed by atoms with van der Waals surface area (Å²) in [4.78, 5) is 11.4. The van der Waals surface area contributed by atoms with Gasteiger partial charge in [0.1, 0.15) is 4.75 Å². The molecule has 0 heterocycles. The van der Waals surface area contributed by atoms with Gasteiger partial charge in [0.15, 0.2) is 0 Å². The van der Waals surface area contributed by atoms with Crippen LogP contribution in [0.2, 0.25) is 0 Å². The van der Waals surface area contributed by atoms with Gasteiger partial charge < -0.3 is 9.66 Å². The largest absolute Gasteiger partial charge is 0.598 e. The molecular formula is C13H21NO3S. The summed E-state index contributed by atoms with van der Waals surface area (Å²) in [6.07, 6.45) is 3.83. The van der Waals surface area contributed by atoms with Crippen LogP contribution in [0.25, 0.3) is 0 Å². The summed E-state index contributed by atoms with van der Waals surface area (Å²) in [5.74, 6) is -0.530. The number of carboxylic acids is 1. The SMILES string of the molecule is CC(C)(C)[S+]([O-])N[C@@H]1C(C(=O)O)=C2CCC1CC2. The number of carboxylic acid groups (broad SMARTS) is 1. The highest BCUT2D eigenvalue weighted by Crippen LogP contribution is 2.42. The molecule has 3 aliphatic rings. The lowest BCUT2D eigenvalue weighted by Crippen LogP contribution is -2.52. The van der Waals surface area contributed by atoms with E-state index in [1.165, 1.54) is 0 Å². The van der Waals surface area contributed by atoms with Crippen molar-refractivity contribution in [2.45, 2.75) is 57.2 Å². The van der Waals surface area contributed by atoms with Crippen molar-refractivity contribution in [3.63, 3.8) is 0 Å². The fraction of sp³-hybridized carbons (Fsp3) is 0.769. The first kappa shape index (κ1) is 13.9. The first-order chi connectivity index (χ1) is 8.30. The van der Waals surface area contributed by atoms with Crippen LogP contribution in [0.1, 0.15) is 46.5 Å². The third-order valence-corrected chi connectivity index (χ3v) is 5.40. The summed E-state index contributed by atoms with van der Waals surface area (Å²) >= 11 is -1.22. The van der Waals surface area contributed by atoms with Crippen molar-refractivity contribution in [2.75, 3.05) is 0 Å². The summed E-state index contributed by atoms with van der Waals surface area (Å²) in [6, 6.07) is -0.236.